The van der Waals surface area contributed by atoms with Gasteiger partial charge < -0.3 is 10.4 Å². The zero-order valence-electron chi connectivity index (χ0n) is 11.4. The van der Waals surface area contributed by atoms with Crippen LogP contribution in [0.4, 0.5) is 10.1 Å². The number of rotatable bonds is 2. The van der Waals surface area contributed by atoms with Crippen LogP contribution < -0.4 is 5.32 Å². The Morgan fingerprint density at radius 1 is 1.43 bits per heavy atom. The number of hydrogen-bond donors (Lipinski definition) is 2. The number of aryl methyl sites for hydroxylation is 1. The molecule has 106 valence electrons. The molecule has 0 radical (unpaired) electrons. The second-order valence-electron chi connectivity index (χ2n) is 4.29. The molecule has 1 aromatic heterocycles. The summed E-state index contributed by atoms with van der Waals surface area (Å²) < 4.78 is 13.3. The number of anilines is 1. The fourth-order valence-corrected chi connectivity index (χ4v) is 1.74. The minimum absolute atomic E-state index is 0.225. The number of carbonyl (C=O) groups is 1. The highest BCUT2D eigenvalue weighted by Gasteiger charge is 2.12. The first-order valence-corrected chi connectivity index (χ1v) is 6.23. The van der Waals surface area contributed by atoms with Crippen molar-refractivity contribution < 1.29 is 14.3 Å². The van der Waals surface area contributed by atoms with Crippen molar-refractivity contribution in [1.82, 2.24) is 4.98 Å². The van der Waals surface area contributed by atoms with Crippen LogP contribution in [0.3, 0.4) is 0 Å². The monoisotopic (exact) mass is 284 g/mol. The Kier molecular flexibility index (Phi) is 4.64. The lowest BCUT2D eigenvalue weighted by Gasteiger charge is -2.09. The van der Waals surface area contributed by atoms with Crippen LogP contribution in [0.15, 0.2) is 36.7 Å². The molecule has 1 amide bonds. The summed E-state index contributed by atoms with van der Waals surface area (Å²) >= 11 is 0. The number of hydrogen-bond acceptors (Lipinski definition) is 3. The number of aliphatic hydroxyl groups is 1. The third-order valence-corrected chi connectivity index (χ3v) is 2.82. The first-order chi connectivity index (χ1) is 10.1. The summed E-state index contributed by atoms with van der Waals surface area (Å²) in [5.74, 6) is 4.07. The van der Waals surface area contributed by atoms with Gasteiger partial charge in [-0.3, -0.25) is 9.78 Å². The molecule has 21 heavy (non-hydrogen) atoms. The van der Waals surface area contributed by atoms with Gasteiger partial charge in [0.15, 0.2) is 0 Å². The minimum atomic E-state index is -0.494. The van der Waals surface area contributed by atoms with Gasteiger partial charge in [-0.2, -0.15) is 0 Å². The standard InChI is InChI=1S/C16H13FN2O2/c1-11-6-7-18-10-15(11)19-16(21)14-5-4-13(17)9-12(14)3-2-8-20/h4-7,9-10,20H,8H2,1H3,(H,19,21). The van der Waals surface area contributed by atoms with E-state index in [2.05, 4.69) is 22.1 Å². The molecule has 0 unspecified atom stereocenters. The van der Waals surface area contributed by atoms with Gasteiger partial charge in [-0.1, -0.05) is 11.8 Å². The van der Waals surface area contributed by atoms with Crippen LogP contribution in [0.5, 0.6) is 0 Å². The van der Waals surface area contributed by atoms with E-state index in [1.54, 1.807) is 12.3 Å². The number of pyridine rings is 1. The fraction of sp³-hybridized carbons (Fsp3) is 0.125. The van der Waals surface area contributed by atoms with E-state index >= 15 is 0 Å². The molecule has 2 N–H and O–H groups in total. The van der Waals surface area contributed by atoms with E-state index in [0.29, 0.717) is 5.69 Å². The summed E-state index contributed by atoms with van der Waals surface area (Å²) in [6.07, 6.45) is 3.16. The van der Waals surface area contributed by atoms with Gasteiger partial charge in [-0.25, -0.2) is 4.39 Å². The molecule has 5 heteroatoms. The summed E-state index contributed by atoms with van der Waals surface area (Å²) in [5.41, 5.74) is 1.90. The average Bonchev–Trinajstić information content (AvgIpc) is 2.47. The van der Waals surface area contributed by atoms with Crippen molar-refractivity contribution in [3.8, 4) is 11.8 Å². The minimum Gasteiger partial charge on any atom is -0.384 e. The molecule has 0 saturated heterocycles. The summed E-state index contributed by atoms with van der Waals surface area (Å²) in [6.45, 7) is 1.48. The molecule has 0 aliphatic rings. The Hall–Kier alpha value is -2.71. The third-order valence-electron chi connectivity index (χ3n) is 2.82. The van der Waals surface area contributed by atoms with Gasteiger partial charge in [0.1, 0.15) is 12.4 Å². The Labute approximate surface area is 121 Å². The number of carbonyl (C=O) groups excluding carboxylic acids is 1. The molecule has 0 aliphatic heterocycles. The van der Waals surface area contributed by atoms with Gasteiger partial charge in [0, 0.05) is 11.8 Å². The van der Waals surface area contributed by atoms with E-state index < -0.39 is 11.7 Å². The number of amides is 1. The third kappa shape index (κ3) is 3.65. The van der Waals surface area contributed by atoms with Crippen molar-refractivity contribution >= 4 is 11.6 Å². The lowest BCUT2D eigenvalue weighted by Crippen LogP contribution is -2.14. The van der Waals surface area contributed by atoms with Crippen LogP contribution in [-0.2, 0) is 0 Å². The molecule has 0 saturated carbocycles. The van der Waals surface area contributed by atoms with Gasteiger partial charge in [0.2, 0.25) is 0 Å². The SMILES string of the molecule is Cc1ccncc1NC(=O)c1ccc(F)cc1C#CCO. The van der Waals surface area contributed by atoms with Crippen molar-refractivity contribution in [2.75, 3.05) is 11.9 Å². The lowest BCUT2D eigenvalue weighted by molar-refractivity contribution is 0.102. The predicted octanol–water partition coefficient (Wildman–Crippen LogP) is 2.13. The smallest absolute Gasteiger partial charge is 0.256 e. The van der Waals surface area contributed by atoms with Gasteiger partial charge >= 0.3 is 0 Å². The van der Waals surface area contributed by atoms with Crippen LogP contribution in [0.1, 0.15) is 21.5 Å². The highest BCUT2D eigenvalue weighted by Crippen LogP contribution is 2.16. The summed E-state index contributed by atoms with van der Waals surface area (Å²) in [4.78, 5) is 16.2. The van der Waals surface area contributed by atoms with E-state index in [0.717, 1.165) is 11.6 Å². The number of nitrogens with one attached hydrogen (secondary N) is 1. The molecule has 1 heterocycles. The molecule has 0 atom stereocenters. The highest BCUT2D eigenvalue weighted by atomic mass is 19.1. The molecule has 2 rings (SSSR count). The topological polar surface area (TPSA) is 62.2 Å². The quantitative estimate of drug-likeness (QED) is 0.830. The number of halogens is 1. The first kappa shape index (κ1) is 14.7. The van der Waals surface area contributed by atoms with Crippen LogP contribution >= 0.6 is 0 Å². The van der Waals surface area contributed by atoms with Gasteiger partial charge in [-0.15, -0.1) is 0 Å². The highest BCUT2D eigenvalue weighted by molar-refractivity contribution is 6.06. The van der Waals surface area contributed by atoms with E-state index in [1.807, 2.05) is 6.92 Å². The van der Waals surface area contributed by atoms with Gasteiger partial charge in [0.05, 0.1) is 17.4 Å². The Bertz CT molecular complexity index is 733. The molecule has 1 aromatic carbocycles. The number of benzene rings is 1. The Morgan fingerprint density at radius 2 is 2.24 bits per heavy atom. The molecule has 0 aliphatic carbocycles. The average molecular weight is 284 g/mol. The predicted molar refractivity (Wildman–Crippen MR) is 77.3 cm³/mol. The molecule has 0 fully saturated rings. The molecular weight excluding hydrogens is 271 g/mol. The van der Waals surface area contributed by atoms with Crippen LogP contribution in [-0.4, -0.2) is 22.6 Å². The maximum atomic E-state index is 13.3. The van der Waals surface area contributed by atoms with Crippen molar-refractivity contribution in [3.63, 3.8) is 0 Å². The van der Waals surface area contributed by atoms with Crippen LogP contribution in [0.25, 0.3) is 0 Å². The van der Waals surface area contributed by atoms with Crippen LogP contribution in [0.2, 0.25) is 0 Å². The second-order valence-corrected chi connectivity index (χ2v) is 4.29. The molecular formula is C16H13FN2O2. The maximum absolute atomic E-state index is 13.3. The fourth-order valence-electron chi connectivity index (χ4n) is 1.74. The van der Waals surface area contributed by atoms with Gasteiger partial charge in [0.25, 0.3) is 5.91 Å². The summed E-state index contributed by atoms with van der Waals surface area (Å²) in [7, 11) is 0. The van der Waals surface area contributed by atoms with Crippen LogP contribution in [0, 0.1) is 24.6 Å². The Morgan fingerprint density at radius 3 is 2.95 bits per heavy atom. The molecule has 2 aromatic rings. The lowest BCUT2D eigenvalue weighted by atomic mass is 10.1. The van der Waals surface area contributed by atoms with E-state index in [4.69, 9.17) is 5.11 Å². The maximum Gasteiger partial charge on any atom is 0.256 e. The zero-order valence-corrected chi connectivity index (χ0v) is 11.4. The van der Waals surface area contributed by atoms with E-state index in [1.165, 1.54) is 18.3 Å². The van der Waals surface area contributed by atoms with E-state index in [-0.39, 0.29) is 17.7 Å². The van der Waals surface area contributed by atoms with Crippen molar-refractivity contribution in [3.05, 3.63) is 59.2 Å². The number of nitrogens with zero attached hydrogens (tertiary/aromatic N) is 1. The zero-order chi connectivity index (χ0) is 15.2. The van der Waals surface area contributed by atoms with E-state index in [9.17, 15) is 9.18 Å². The second kappa shape index (κ2) is 6.64. The van der Waals surface area contributed by atoms with Crippen molar-refractivity contribution in [2.24, 2.45) is 0 Å². The van der Waals surface area contributed by atoms with Gasteiger partial charge in [-0.05, 0) is 36.8 Å². The number of aliphatic hydroxyl groups excluding tert-OH is 1. The summed E-state index contributed by atoms with van der Waals surface area (Å²) in [6, 6.07) is 5.48. The summed E-state index contributed by atoms with van der Waals surface area (Å²) in [5, 5.41) is 11.4. The Balaban J connectivity index is 2.33. The normalized spacial score (nSPS) is 9.67. The molecule has 4 nitrogen and oxygen atoms in total. The van der Waals surface area contributed by atoms with Crippen molar-refractivity contribution in [1.29, 1.82) is 0 Å². The van der Waals surface area contributed by atoms with Crippen molar-refractivity contribution in [2.45, 2.75) is 6.92 Å². The largest absolute Gasteiger partial charge is 0.384 e. The number of aromatic nitrogens is 1. The first-order valence-electron chi connectivity index (χ1n) is 6.23. The molecule has 0 bridgehead atoms. The molecule has 0 spiro atoms.